The van der Waals surface area contributed by atoms with Crippen LogP contribution in [0, 0.1) is 16.7 Å². The number of halogens is 2. The molecule has 0 bridgehead atoms. The summed E-state index contributed by atoms with van der Waals surface area (Å²) in [6, 6.07) is 7.13. The first-order valence-corrected chi connectivity index (χ1v) is 16.2. The first kappa shape index (κ1) is 32.9. The summed E-state index contributed by atoms with van der Waals surface area (Å²) < 4.78 is 28.2. The number of carbonyl (C=O) groups excluding carboxylic acids is 2. The molecular weight excluding hydrogens is 578 g/mol. The van der Waals surface area contributed by atoms with Crippen molar-refractivity contribution in [2.24, 2.45) is 21.7 Å². The Balaban J connectivity index is 1.46. The number of alkyl halides is 2. The number of nitrogens with zero attached hydrogens (tertiary/aromatic N) is 6. The van der Waals surface area contributed by atoms with Crippen molar-refractivity contribution in [3.63, 3.8) is 0 Å². The topological polar surface area (TPSA) is 119 Å². The van der Waals surface area contributed by atoms with E-state index in [9.17, 15) is 18.4 Å². The second-order valence-corrected chi connectivity index (χ2v) is 15.3. The van der Waals surface area contributed by atoms with Crippen LogP contribution in [-0.4, -0.2) is 72.7 Å². The van der Waals surface area contributed by atoms with Crippen LogP contribution in [0.4, 0.5) is 8.78 Å². The number of hydrogen-bond donors (Lipinski definition) is 2. The lowest BCUT2D eigenvalue weighted by atomic mass is 9.69. The maximum Gasteiger partial charge on any atom is 0.291 e. The van der Waals surface area contributed by atoms with E-state index in [1.807, 2.05) is 17.0 Å². The summed E-state index contributed by atoms with van der Waals surface area (Å²) in [5, 5.41) is 16.4. The molecule has 0 unspecified atom stereocenters. The molecule has 45 heavy (non-hydrogen) atoms. The summed E-state index contributed by atoms with van der Waals surface area (Å²) in [7, 11) is 0. The van der Waals surface area contributed by atoms with E-state index in [4.69, 9.17) is 4.99 Å². The van der Waals surface area contributed by atoms with Gasteiger partial charge in [0, 0.05) is 31.5 Å². The van der Waals surface area contributed by atoms with E-state index in [-0.39, 0.29) is 61.2 Å². The Hall–Kier alpha value is -3.44. The van der Waals surface area contributed by atoms with Gasteiger partial charge in [0.05, 0.1) is 12.6 Å². The molecule has 246 valence electrons. The van der Waals surface area contributed by atoms with Gasteiger partial charge >= 0.3 is 0 Å². The van der Waals surface area contributed by atoms with Gasteiger partial charge in [-0.3, -0.25) is 9.59 Å². The molecule has 0 radical (unpaired) electrons. The van der Waals surface area contributed by atoms with Crippen molar-refractivity contribution in [2.45, 2.75) is 117 Å². The quantitative estimate of drug-likeness (QED) is 0.395. The fourth-order valence-corrected chi connectivity index (χ4v) is 6.97. The molecule has 1 saturated carbocycles. The third-order valence-corrected chi connectivity index (χ3v) is 9.81. The number of H-pyrrole nitrogens is 1. The maximum atomic E-state index is 14.5. The lowest BCUT2D eigenvalue weighted by Crippen LogP contribution is -2.53. The molecule has 1 aromatic carbocycles. The molecule has 1 aliphatic carbocycles. The largest absolute Gasteiger partial charge is 0.352 e. The predicted molar refractivity (Wildman–Crippen MR) is 167 cm³/mol. The molecule has 1 atom stereocenters. The summed E-state index contributed by atoms with van der Waals surface area (Å²) in [5.41, 5.74) is 0.857. The highest BCUT2D eigenvalue weighted by atomic mass is 19.3. The first-order chi connectivity index (χ1) is 21.1. The maximum absolute atomic E-state index is 14.5. The van der Waals surface area contributed by atoms with Crippen molar-refractivity contribution >= 4 is 17.6 Å². The van der Waals surface area contributed by atoms with E-state index in [1.165, 1.54) is 0 Å². The number of amides is 2. The van der Waals surface area contributed by atoms with Gasteiger partial charge in [-0.05, 0) is 73.0 Å². The molecule has 12 heteroatoms. The number of amidine groups is 1. The highest BCUT2D eigenvalue weighted by molar-refractivity contribution is 6.39. The van der Waals surface area contributed by atoms with Crippen molar-refractivity contribution in [3.8, 4) is 0 Å². The highest BCUT2D eigenvalue weighted by Crippen LogP contribution is 2.50. The zero-order chi connectivity index (χ0) is 32.6. The number of piperidine rings is 1. The zero-order valence-corrected chi connectivity index (χ0v) is 27.5. The Morgan fingerprint density at radius 1 is 1.04 bits per heavy atom. The summed E-state index contributed by atoms with van der Waals surface area (Å²) in [6.07, 6.45) is 4.36. The molecule has 1 aromatic heterocycles. The summed E-state index contributed by atoms with van der Waals surface area (Å²) in [6.45, 7) is 13.7. The predicted octanol–water partition coefficient (Wildman–Crippen LogP) is 5.90. The minimum absolute atomic E-state index is 0.0230. The number of aromatic nitrogens is 4. The molecule has 2 aliphatic heterocycles. The van der Waals surface area contributed by atoms with Crippen molar-refractivity contribution in [1.29, 1.82) is 0 Å². The van der Waals surface area contributed by atoms with Crippen LogP contribution in [0.3, 0.4) is 0 Å². The van der Waals surface area contributed by atoms with Gasteiger partial charge in [-0.2, -0.15) is 5.21 Å². The first-order valence-electron chi connectivity index (χ1n) is 16.2. The van der Waals surface area contributed by atoms with Crippen LogP contribution < -0.4 is 5.32 Å². The number of aliphatic imine (C=N–C) groups is 1. The van der Waals surface area contributed by atoms with Gasteiger partial charge in [0.15, 0.2) is 11.7 Å². The van der Waals surface area contributed by atoms with E-state index in [1.54, 1.807) is 17.0 Å². The van der Waals surface area contributed by atoms with Gasteiger partial charge < -0.3 is 15.1 Å². The lowest BCUT2D eigenvalue weighted by Gasteiger charge is -2.47. The van der Waals surface area contributed by atoms with Crippen LogP contribution in [0.15, 0.2) is 29.3 Å². The molecule has 2 fully saturated rings. The molecule has 5 rings (SSSR count). The Kier molecular flexibility index (Phi) is 9.07. The minimum atomic E-state index is -2.71. The SMILES string of the molecule is CC(C)(C)CC[C@H](c1ccc(C(=O)NCc2nn[nH]n2)cc1)N1C(=O)C(N2CCC(F)(F)CC2)=NC12CCC(C(C)(C)C)CC2. The van der Waals surface area contributed by atoms with Crippen molar-refractivity contribution in [1.82, 2.24) is 35.7 Å². The Bertz CT molecular complexity index is 1360. The minimum Gasteiger partial charge on any atom is -0.352 e. The van der Waals surface area contributed by atoms with Gasteiger partial charge in [-0.15, -0.1) is 10.2 Å². The number of aromatic amines is 1. The summed E-state index contributed by atoms with van der Waals surface area (Å²) in [5.74, 6) is -1.93. The fourth-order valence-electron chi connectivity index (χ4n) is 6.97. The lowest BCUT2D eigenvalue weighted by molar-refractivity contribution is -0.134. The molecule has 3 aliphatic rings. The van der Waals surface area contributed by atoms with Crippen LogP contribution in [0.25, 0.3) is 0 Å². The third kappa shape index (κ3) is 7.52. The second-order valence-electron chi connectivity index (χ2n) is 15.3. The number of carbonyl (C=O) groups is 2. The van der Waals surface area contributed by atoms with E-state index in [0.717, 1.165) is 37.7 Å². The Labute approximate surface area is 264 Å². The Morgan fingerprint density at radius 2 is 1.69 bits per heavy atom. The molecule has 1 spiro atoms. The van der Waals surface area contributed by atoms with Crippen molar-refractivity contribution in [2.75, 3.05) is 13.1 Å². The molecule has 2 aromatic rings. The normalized spacial score (nSPS) is 24.6. The highest BCUT2D eigenvalue weighted by Gasteiger charge is 2.54. The van der Waals surface area contributed by atoms with Crippen LogP contribution >= 0.6 is 0 Å². The Morgan fingerprint density at radius 3 is 2.24 bits per heavy atom. The third-order valence-electron chi connectivity index (χ3n) is 9.81. The molecule has 10 nitrogen and oxygen atoms in total. The van der Waals surface area contributed by atoms with Crippen LogP contribution in [0.2, 0.25) is 0 Å². The van der Waals surface area contributed by atoms with Crippen LogP contribution in [0.1, 0.15) is 121 Å². The second kappa shape index (κ2) is 12.4. The van der Waals surface area contributed by atoms with Crippen LogP contribution in [0.5, 0.6) is 0 Å². The average molecular weight is 627 g/mol. The summed E-state index contributed by atoms with van der Waals surface area (Å²) in [4.78, 5) is 36.4. The van der Waals surface area contributed by atoms with Crippen molar-refractivity contribution < 1.29 is 18.4 Å². The van der Waals surface area contributed by atoms with E-state index in [2.05, 4.69) is 67.5 Å². The van der Waals surface area contributed by atoms with Gasteiger partial charge in [0.25, 0.3) is 17.7 Å². The molecule has 2 amide bonds. The van der Waals surface area contributed by atoms with E-state index >= 15 is 0 Å². The number of nitrogens with one attached hydrogen (secondary N) is 2. The smallest absolute Gasteiger partial charge is 0.291 e. The molecule has 2 N–H and O–H groups in total. The van der Waals surface area contributed by atoms with Crippen LogP contribution in [-0.2, 0) is 11.3 Å². The zero-order valence-electron chi connectivity index (χ0n) is 27.5. The number of benzene rings is 1. The van der Waals surface area contributed by atoms with Gasteiger partial charge in [-0.25, -0.2) is 13.8 Å². The molecule has 3 heterocycles. The van der Waals surface area contributed by atoms with Crippen molar-refractivity contribution in [3.05, 3.63) is 41.2 Å². The average Bonchev–Trinajstić information content (AvgIpc) is 3.58. The van der Waals surface area contributed by atoms with Gasteiger partial charge in [0.2, 0.25) is 0 Å². The van der Waals surface area contributed by atoms with Gasteiger partial charge in [0.1, 0.15) is 5.66 Å². The fraction of sp³-hybridized carbons (Fsp3) is 0.697. The van der Waals surface area contributed by atoms with Gasteiger partial charge in [-0.1, -0.05) is 58.9 Å². The summed E-state index contributed by atoms with van der Waals surface area (Å²) >= 11 is 0. The monoisotopic (exact) mass is 626 g/mol. The number of rotatable bonds is 7. The number of hydrogen-bond acceptors (Lipinski definition) is 7. The molecule has 1 saturated heterocycles. The number of tetrazole rings is 1. The number of likely N-dealkylation sites (tertiary alicyclic amines) is 1. The standard InChI is InChI=1S/C33H48F2N8O2/c1-30(2,3)14-13-25(22-7-9-23(10-8-22)28(44)36-21-26-38-40-41-39-26)43-29(45)27(42-19-17-32(34,35)18-20-42)37-33(43)15-11-24(12-16-33)31(4,5)6/h7-10,24-25H,11-21H2,1-6H3,(H,36,44)(H,38,39,40,41)/t24?,25-,33?/m1/s1. The molecular formula is C33H48F2N8O2. The van der Waals surface area contributed by atoms with E-state index in [0.29, 0.717) is 29.6 Å². The van der Waals surface area contributed by atoms with E-state index < -0.39 is 11.6 Å².